The van der Waals surface area contributed by atoms with E-state index in [0.717, 1.165) is 33.5 Å². The number of nitrogens with zero attached hydrogens (tertiary/aromatic N) is 3. The van der Waals surface area contributed by atoms with Crippen LogP contribution in [-0.2, 0) is 10.3 Å². The van der Waals surface area contributed by atoms with Crippen molar-refractivity contribution >= 4 is 34.2 Å². The SMILES string of the molecule is COc1ccc(N2C(=O)[C@@H](Oc3ccc(Cl)cc3)[C@]23c2ccccc2-c2nc4ccccc4nc23)cc1. The molecule has 1 amide bonds. The molecule has 37 heavy (non-hydrogen) atoms. The zero-order chi connectivity index (χ0) is 25.1. The van der Waals surface area contributed by atoms with Gasteiger partial charge in [0, 0.05) is 16.3 Å². The van der Waals surface area contributed by atoms with Crippen LogP contribution in [0.25, 0.3) is 22.3 Å². The third-order valence-electron chi connectivity index (χ3n) is 7.10. The number of hydrogen-bond acceptors (Lipinski definition) is 5. The Morgan fingerprint density at radius 2 is 1.46 bits per heavy atom. The van der Waals surface area contributed by atoms with E-state index in [1.54, 1.807) is 36.3 Å². The Morgan fingerprint density at radius 3 is 2.19 bits per heavy atom. The fraction of sp³-hybridized carbons (Fsp3) is 0.100. The standard InChI is InChI=1S/C30H20ClN3O3/c1-36-20-16-12-19(13-17-20)34-29(35)28(37-21-14-10-18(31)11-15-21)30(34)23-7-3-2-6-22(23)26-27(30)33-25-9-5-4-8-24(25)32-26/h2-17,28H,1H3/t28-,30-/m1/s1. The number of benzene rings is 4. The molecule has 0 bridgehead atoms. The maximum absolute atomic E-state index is 13.9. The van der Waals surface area contributed by atoms with Crippen molar-refractivity contribution in [1.29, 1.82) is 0 Å². The molecule has 0 radical (unpaired) electrons. The Morgan fingerprint density at radius 1 is 0.811 bits per heavy atom. The Bertz CT molecular complexity index is 1690. The Hall–Kier alpha value is -4.42. The predicted octanol–water partition coefficient (Wildman–Crippen LogP) is 6.01. The molecule has 0 unspecified atom stereocenters. The smallest absolute Gasteiger partial charge is 0.272 e. The molecule has 0 saturated carbocycles. The van der Waals surface area contributed by atoms with Gasteiger partial charge in [0.25, 0.3) is 5.91 Å². The van der Waals surface area contributed by atoms with E-state index in [-0.39, 0.29) is 5.91 Å². The highest BCUT2D eigenvalue weighted by molar-refractivity contribution is 6.30. The van der Waals surface area contributed by atoms with Crippen LogP contribution in [0, 0.1) is 0 Å². The molecule has 1 fully saturated rings. The maximum Gasteiger partial charge on any atom is 0.272 e. The Labute approximate surface area is 218 Å². The third kappa shape index (κ3) is 3.02. The van der Waals surface area contributed by atoms with Crippen molar-refractivity contribution in [2.45, 2.75) is 11.6 Å². The highest BCUT2D eigenvalue weighted by Gasteiger charge is 2.69. The van der Waals surface area contributed by atoms with Crippen molar-refractivity contribution in [3.63, 3.8) is 0 Å². The summed E-state index contributed by atoms with van der Waals surface area (Å²) in [6, 6.07) is 30.3. The highest BCUT2D eigenvalue weighted by atomic mass is 35.5. The van der Waals surface area contributed by atoms with E-state index in [1.165, 1.54) is 0 Å². The molecule has 6 nitrogen and oxygen atoms in total. The topological polar surface area (TPSA) is 64.5 Å². The number of halogens is 1. The number of carbonyl (C=O) groups is 1. The number of fused-ring (bicyclic) bond motifs is 6. The lowest BCUT2D eigenvalue weighted by Gasteiger charge is -2.54. The van der Waals surface area contributed by atoms with Crippen molar-refractivity contribution in [2.24, 2.45) is 0 Å². The van der Waals surface area contributed by atoms with Crippen molar-refractivity contribution in [3.8, 4) is 22.8 Å². The predicted molar refractivity (Wildman–Crippen MR) is 142 cm³/mol. The van der Waals surface area contributed by atoms with Crippen LogP contribution < -0.4 is 14.4 Å². The van der Waals surface area contributed by atoms with Gasteiger partial charge in [-0.1, -0.05) is 48.0 Å². The van der Waals surface area contributed by atoms with Crippen LogP contribution >= 0.6 is 11.6 Å². The van der Waals surface area contributed by atoms with E-state index in [2.05, 4.69) is 0 Å². The van der Waals surface area contributed by atoms with E-state index in [9.17, 15) is 4.79 Å². The molecular weight excluding hydrogens is 486 g/mol. The summed E-state index contributed by atoms with van der Waals surface area (Å²) in [4.78, 5) is 25.8. The minimum atomic E-state index is -1.01. The van der Waals surface area contributed by atoms with Crippen LogP contribution in [0.3, 0.4) is 0 Å². The summed E-state index contributed by atoms with van der Waals surface area (Å²) in [6.07, 6.45) is -0.853. The fourth-order valence-electron chi connectivity index (χ4n) is 5.46. The van der Waals surface area contributed by atoms with Gasteiger partial charge in [0.1, 0.15) is 17.2 Å². The van der Waals surface area contributed by atoms with Gasteiger partial charge in [-0.15, -0.1) is 0 Å². The monoisotopic (exact) mass is 505 g/mol. The lowest BCUT2D eigenvalue weighted by atomic mass is 9.74. The quantitative estimate of drug-likeness (QED) is 0.280. The van der Waals surface area contributed by atoms with Gasteiger partial charge in [0.05, 0.1) is 23.8 Å². The summed E-state index contributed by atoms with van der Waals surface area (Å²) in [5.41, 5.74) is 4.58. The molecule has 2 heterocycles. The number of hydrogen-bond donors (Lipinski definition) is 0. The second-order valence-electron chi connectivity index (χ2n) is 9.04. The molecule has 2 atom stereocenters. The maximum atomic E-state index is 13.9. The molecule has 1 aromatic heterocycles. The van der Waals surface area contributed by atoms with Gasteiger partial charge in [0.15, 0.2) is 5.54 Å². The van der Waals surface area contributed by atoms with E-state index in [4.69, 9.17) is 31.0 Å². The van der Waals surface area contributed by atoms with Crippen molar-refractivity contribution in [1.82, 2.24) is 9.97 Å². The van der Waals surface area contributed by atoms with Crippen molar-refractivity contribution in [2.75, 3.05) is 12.0 Å². The van der Waals surface area contributed by atoms with Crippen LogP contribution in [0.5, 0.6) is 11.5 Å². The molecule has 7 rings (SSSR count). The molecule has 1 saturated heterocycles. The fourth-order valence-corrected chi connectivity index (χ4v) is 5.59. The Kier molecular flexibility index (Phi) is 4.75. The lowest BCUT2D eigenvalue weighted by Crippen LogP contribution is -2.74. The minimum absolute atomic E-state index is 0.169. The number of aromatic nitrogens is 2. The zero-order valence-corrected chi connectivity index (χ0v) is 20.5. The summed E-state index contributed by atoms with van der Waals surface area (Å²) < 4.78 is 11.8. The second kappa shape index (κ2) is 8.05. The first-order valence-electron chi connectivity index (χ1n) is 11.9. The van der Waals surface area contributed by atoms with Gasteiger partial charge in [0.2, 0.25) is 6.10 Å². The van der Waals surface area contributed by atoms with E-state index < -0.39 is 11.6 Å². The number of para-hydroxylation sites is 2. The molecule has 1 spiro atoms. The number of rotatable bonds is 4. The average molecular weight is 506 g/mol. The molecule has 0 N–H and O–H groups in total. The van der Waals surface area contributed by atoms with Crippen LogP contribution in [0.4, 0.5) is 5.69 Å². The zero-order valence-electron chi connectivity index (χ0n) is 19.8. The number of carbonyl (C=O) groups excluding carboxylic acids is 1. The number of ether oxygens (including phenoxy) is 2. The molecule has 2 aliphatic rings. The number of β-lactam (4-membered cyclic amide) rings is 1. The highest BCUT2D eigenvalue weighted by Crippen LogP contribution is 2.58. The van der Waals surface area contributed by atoms with Crippen LogP contribution in [0.2, 0.25) is 5.02 Å². The minimum Gasteiger partial charge on any atom is -0.497 e. The first-order chi connectivity index (χ1) is 18.1. The molecule has 4 aromatic carbocycles. The van der Waals surface area contributed by atoms with E-state index in [0.29, 0.717) is 22.2 Å². The lowest BCUT2D eigenvalue weighted by molar-refractivity contribution is -0.139. The van der Waals surface area contributed by atoms with Gasteiger partial charge >= 0.3 is 0 Å². The molecule has 1 aliphatic heterocycles. The van der Waals surface area contributed by atoms with Gasteiger partial charge in [-0.25, -0.2) is 9.97 Å². The summed E-state index contributed by atoms with van der Waals surface area (Å²) in [5.74, 6) is 1.09. The van der Waals surface area contributed by atoms with Crippen molar-refractivity contribution < 1.29 is 14.3 Å². The van der Waals surface area contributed by atoms with Crippen LogP contribution in [-0.4, -0.2) is 29.1 Å². The largest absolute Gasteiger partial charge is 0.497 e. The Balaban J connectivity index is 1.49. The van der Waals surface area contributed by atoms with E-state index in [1.807, 2.05) is 72.8 Å². The average Bonchev–Trinajstić information content (AvgIpc) is 3.23. The van der Waals surface area contributed by atoms with Gasteiger partial charge in [-0.2, -0.15) is 0 Å². The van der Waals surface area contributed by atoms with E-state index >= 15 is 0 Å². The first kappa shape index (κ1) is 21.8. The van der Waals surface area contributed by atoms with Gasteiger partial charge < -0.3 is 9.47 Å². The van der Waals surface area contributed by atoms with Crippen LogP contribution in [0.15, 0.2) is 97.1 Å². The summed E-state index contributed by atoms with van der Waals surface area (Å²) >= 11 is 6.10. The summed E-state index contributed by atoms with van der Waals surface area (Å²) in [7, 11) is 1.62. The van der Waals surface area contributed by atoms with Crippen molar-refractivity contribution in [3.05, 3.63) is 113 Å². The molecule has 5 aromatic rings. The number of anilines is 1. The van der Waals surface area contributed by atoms with Crippen LogP contribution in [0.1, 0.15) is 11.3 Å². The summed E-state index contributed by atoms with van der Waals surface area (Å²) in [6.45, 7) is 0. The normalized spacial score (nSPS) is 19.5. The molecule has 180 valence electrons. The third-order valence-corrected chi connectivity index (χ3v) is 7.35. The molecule has 1 aliphatic carbocycles. The second-order valence-corrected chi connectivity index (χ2v) is 9.48. The molecular formula is C30H20ClN3O3. The summed E-state index contributed by atoms with van der Waals surface area (Å²) in [5, 5.41) is 0.593. The van der Waals surface area contributed by atoms with Gasteiger partial charge in [-0.05, 0) is 66.2 Å². The first-order valence-corrected chi connectivity index (χ1v) is 12.3. The van der Waals surface area contributed by atoms with Gasteiger partial charge in [-0.3, -0.25) is 9.69 Å². The molecule has 7 heteroatoms. The number of amides is 1. The number of methoxy groups -OCH3 is 1.